The zero-order valence-electron chi connectivity index (χ0n) is 18.1. The van der Waals surface area contributed by atoms with Crippen LogP contribution in [-0.4, -0.2) is 51.2 Å². The second-order valence-corrected chi connectivity index (χ2v) is 9.23. The van der Waals surface area contributed by atoms with E-state index in [1.54, 1.807) is 24.0 Å². The van der Waals surface area contributed by atoms with Crippen LogP contribution in [0.3, 0.4) is 0 Å². The Morgan fingerprint density at radius 2 is 1.84 bits per heavy atom. The monoisotopic (exact) mass is 447 g/mol. The summed E-state index contributed by atoms with van der Waals surface area (Å²) in [6.45, 7) is 5.80. The summed E-state index contributed by atoms with van der Waals surface area (Å²) in [4.78, 5) is 16.2. The molecule has 0 atom stereocenters. The van der Waals surface area contributed by atoms with Crippen molar-refractivity contribution in [1.29, 1.82) is 0 Å². The van der Waals surface area contributed by atoms with Gasteiger partial charge in [-0.15, -0.1) is 0 Å². The first-order chi connectivity index (χ1) is 14.8. The third kappa shape index (κ3) is 5.04. The van der Waals surface area contributed by atoms with E-state index in [2.05, 4.69) is 11.6 Å². The third-order valence-corrected chi connectivity index (χ3v) is 6.79. The summed E-state index contributed by atoms with van der Waals surface area (Å²) in [5.41, 5.74) is 1.38. The number of unbranched alkanes of at least 4 members (excludes halogenated alkanes) is 2. The van der Waals surface area contributed by atoms with Crippen molar-refractivity contribution in [3.8, 4) is 11.5 Å². The summed E-state index contributed by atoms with van der Waals surface area (Å²) in [6, 6.07) is 9.00. The standard InChI is InChI=1S/C22H29N3O5S/c1-4-5-6-11-24-12-13-25(22(24)27)18-7-9-19(10-8-18)31(28,29)23-17-14-20(26)16(2)21(15-17)30-3/h7-10,14-15,23,26H,4-6,11-13H2,1-3H3. The number of ether oxygens (including phenoxy) is 1. The Bertz CT molecular complexity index is 1040. The molecule has 1 saturated heterocycles. The number of aromatic hydroxyl groups is 1. The quantitative estimate of drug-likeness (QED) is 0.567. The number of carbonyl (C=O) groups excluding carboxylic acids is 1. The molecule has 1 fully saturated rings. The van der Waals surface area contributed by atoms with Gasteiger partial charge in [0.05, 0.1) is 17.7 Å². The molecule has 8 nitrogen and oxygen atoms in total. The van der Waals surface area contributed by atoms with Crippen LogP contribution in [0.25, 0.3) is 0 Å². The van der Waals surface area contributed by atoms with Crippen molar-refractivity contribution in [3.63, 3.8) is 0 Å². The molecule has 0 bridgehead atoms. The van der Waals surface area contributed by atoms with Gasteiger partial charge in [0.2, 0.25) is 0 Å². The molecule has 2 aromatic rings. The van der Waals surface area contributed by atoms with Crippen LogP contribution in [-0.2, 0) is 10.0 Å². The molecule has 0 radical (unpaired) electrons. The van der Waals surface area contributed by atoms with Gasteiger partial charge in [-0.3, -0.25) is 9.62 Å². The highest BCUT2D eigenvalue weighted by atomic mass is 32.2. The number of methoxy groups -OCH3 is 1. The lowest BCUT2D eigenvalue weighted by Crippen LogP contribution is -2.32. The van der Waals surface area contributed by atoms with Crippen LogP contribution in [0.15, 0.2) is 41.3 Å². The minimum atomic E-state index is -3.88. The van der Waals surface area contributed by atoms with Crippen molar-refractivity contribution in [1.82, 2.24) is 4.90 Å². The van der Waals surface area contributed by atoms with Crippen LogP contribution in [0.2, 0.25) is 0 Å². The fourth-order valence-electron chi connectivity index (χ4n) is 3.55. The van der Waals surface area contributed by atoms with E-state index in [-0.39, 0.29) is 22.4 Å². The molecule has 1 aliphatic heterocycles. The normalized spacial score (nSPS) is 14.2. The molecule has 168 valence electrons. The second kappa shape index (κ2) is 9.47. The summed E-state index contributed by atoms with van der Waals surface area (Å²) >= 11 is 0. The molecule has 0 spiro atoms. The number of urea groups is 1. The van der Waals surface area contributed by atoms with E-state index in [4.69, 9.17) is 4.74 Å². The van der Waals surface area contributed by atoms with Crippen LogP contribution in [0.1, 0.15) is 31.7 Å². The first-order valence-electron chi connectivity index (χ1n) is 10.3. The van der Waals surface area contributed by atoms with Crippen molar-refractivity contribution in [3.05, 3.63) is 42.0 Å². The molecule has 0 aromatic heterocycles. The van der Waals surface area contributed by atoms with E-state index in [0.717, 1.165) is 25.8 Å². The van der Waals surface area contributed by atoms with Gasteiger partial charge in [0, 0.05) is 43.0 Å². The zero-order valence-corrected chi connectivity index (χ0v) is 18.9. The maximum Gasteiger partial charge on any atom is 0.324 e. The molecule has 0 aliphatic carbocycles. The van der Waals surface area contributed by atoms with Gasteiger partial charge in [0.15, 0.2) is 0 Å². The van der Waals surface area contributed by atoms with E-state index in [0.29, 0.717) is 30.1 Å². The summed E-state index contributed by atoms with van der Waals surface area (Å²) in [7, 11) is -2.43. The van der Waals surface area contributed by atoms with Crippen molar-refractivity contribution < 1.29 is 23.1 Å². The second-order valence-electron chi connectivity index (χ2n) is 7.55. The predicted molar refractivity (Wildman–Crippen MR) is 120 cm³/mol. The first kappa shape index (κ1) is 22.7. The molecule has 2 aromatic carbocycles. The Balaban J connectivity index is 1.72. The fraction of sp³-hybridized carbons (Fsp3) is 0.409. The molecule has 0 unspecified atom stereocenters. The number of hydrogen-bond acceptors (Lipinski definition) is 5. The third-order valence-electron chi connectivity index (χ3n) is 5.39. The summed E-state index contributed by atoms with van der Waals surface area (Å²) in [5, 5.41) is 10.00. The topological polar surface area (TPSA) is 99.2 Å². The number of hydrogen-bond donors (Lipinski definition) is 2. The highest BCUT2D eigenvalue weighted by molar-refractivity contribution is 7.92. The summed E-state index contributed by atoms with van der Waals surface area (Å²) < 4.78 is 33.2. The Morgan fingerprint density at radius 1 is 1.13 bits per heavy atom. The average molecular weight is 448 g/mol. The zero-order chi connectivity index (χ0) is 22.6. The maximum absolute atomic E-state index is 12.8. The maximum atomic E-state index is 12.8. The SMILES string of the molecule is CCCCCN1CCN(c2ccc(S(=O)(=O)Nc3cc(O)c(C)c(OC)c3)cc2)C1=O. The van der Waals surface area contributed by atoms with Gasteiger partial charge in [0.25, 0.3) is 10.0 Å². The number of amides is 2. The van der Waals surface area contributed by atoms with Gasteiger partial charge >= 0.3 is 6.03 Å². The van der Waals surface area contributed by atoms with Crippen molar-refractivity contribution in [2.24, 2.45) is 0 Å². The minimum absolute atomic E-state index is 0.0490. The Morgan fingerprint density at radius 3 is 2.48 bits per heavy atom. The smallest absolute Gasteiger partial charge is 0.324 e. The Labute approximate surface area is 183 Å². The summed E-state index contributed by atoms with van der Waals surface area (Å²) in [5.74, 6) is 0.313. The number of phenolic OH excluding ortho intramolecular Hbond substituents is 1. The molecule has 2 N–H and O–H groups in total. The van der Waals surface area contributed by atoms with E-state index < -0.39 is 10.0 Å². The molecule has 1 heterocycles. The molecule has 0 saturated carbocycles. The van der Waals surface area contributed by atoms with Crippen molar-refractivity contribution >= 4 is 27.4 Å². The number of sulfonamides is 1. The molecule has 9 heteroatoms. The number of anilines is 2. The van der Waals surface area contributed by atoms with Gasteiger partial charge in [-0.25, -0.2) is 13.2 Å². The van der Waals surface area contributed by atoms with Gasteiger partial charge in [0.1, 0.15) is 11.5 Å². The number of benzene rings is 2. The van der Waals surface area contributed by atoms with Crippen LogP contribution in [0.5, 0.6) is 11.5 Å². The Kier molecular flexibility index (Phi) is 6.94. The van der Waals surface area contributed by atoms with E-state index in [1.807, 2.05) is 4.90 Å². The number of nitrogens with zero attached hydrogens (tertiary/aromatic N) is 2. The lowest BCUT2D eigenvalue weighted by atomic mass is 10.2. The molecular weight excluding hydrogens is 418 g/mol. The van der Waals surface area contributed by atoms with Crippen molar-refractivity contribution in [2.75, 3.05) is 36.4 Å². The molecule has 2 amide bonds. The number of phenols is 1. The number of nitrogens with one attached hydrogen (secondary N) is 1. The number of rotatable bonds is 9. The summed E-state index contributed by atoms with van der Waals surface area (Å²) in [6.07, 6.45) is 3.18. The highest BCUT2D eigenvalue weighted by Gasteiger charge is 2.29. The number of carbonyl (C=O) groups is 1. The lowest BCUT2D eigenvalue weighted by molar-refractivity contribution is 0.219. The molecular formula is C22H29N3O5S. The van der Waals surface area contributed by atoms with E-state index >= 15 is 0 Å². The largest absolute Gasteiger partial charge is 0.507 e. The molecule has 31 heavy (non-hydrogen) atoms. The van der Waals surface area contributed by atoms with Crippen LogP contribution >= 0.6 is 0 Å². The minimum Gasteiger partial charge on any atom is -0.507 e. The van der Waals surface area contributed by atoms with Gasteiger partial charge in [-0.2, -0.15) is 0 Å². The highest BCUT2D eigenvalue weighted by Crippen LogP contribution is 2.32. The van der Waals surface area contributed by atoms with Crippen molar-refractivity contribution in [2.45, 2.75) is 38.0 Å². The Hall–Kier alpha value is -2.94. The van der Waals surface area contributed by atoms with Crippen LogP contribution in [0.4, 0.5) is 16.2 Å². The van der Waals surface area contributed by atoms with E-state index in [1.165, 1.54) is 31.4 Å². The predicted octanol–water partition coefficient (Wildman–Crippen LogP) is 3.94. The molecule has 1 aliphatic rings. The fourth-order valence-corrected chi connectivity index (χ4v) is 4.59. The van der Waals surface area contributed by atoms with Gasteiger partial charge < -0.3 is 14.7 Å². The van der Waals surface area contributed by atoms with Gasteiger partial charge in [-0.1, -0.05) is 19.8 Å². The lowest BCUT2D eigenvalue weighted by Gasteiger charge is -2.19. The molecule has 3 rings (SSSR count). The van der Waals surface area contributed by atoms with Crippen LogP contribution in [0, 0.1) is 6.92 Å². The first-order valence-corrected chi connectivity index (χ1v) is 11.8. The average Bonchev–Trinajstić information content (AvgIpc) is 3.11. The van der Waals surface area contributed by atoms with Gasteiger partial charge in [-0.05, 0) is 37.6 Å². The van der Waals surface area contributed by atoms with Crippen LogP contribution < -0.4 is 14.4 Å². The van der Waals surface area contributed by atoms with E-state index in [9.17, 15) is 18.3 Å².